The van der Waals surface area contributed by atoms with Gasteiger partial charge < -0.3 is 10.7 Å². The monoisotopic (exact) mass is 418 g/mol. The lowest BCUT2D eigenvalue weighted by Gasteiger charge is -2.19. The van der Waals surface area contributed by atoms with Gasteiger partial charge in [-0.15, -0.1) is 0 Å². The SMILES string of the molecule is Nc1ccc(Br)c2[nH]c3c4c(ccc3c(=O)c12)C(=O)c1ccccc1C4=O. The van der Waals surface area contributed by atoms with Gasteiger partial charge in [0.15, 0.2) is 17.0 Å². The fourth-order valence-corrected chi connectivity index (χ4v) is 4.16. The maximum atomic E-state index is 13.2. The van der Waals surface area contributed by atoms with Crippen molar-refractivity contribution in [3.05, 3.63) is 85.5 Å². The number of nitrogens with one attached hydrogen (secondary N) is 1. The Morgan fingerprint density at radius 1 is 0.778 bits per heavy atom. The number of fused-ring (bicyclic) bond motifs is 5. The number of pyridine rings is 1. The summed E-state index contributed by atoms with van der Waals surface area (Å²) in [6.45, 7) is 0. The van der Waals surface area contributed by atoms with E-state index in [2.05, 4.69) is 20.9 Å². The lowest BCUT2D eigenvalue weighted by Crippen LogP contribution is -2.22. The lowest BCUT2D eigenvalue weighted by atomic mass is 9.82. The number of nitrogen functional groups attached to an aromatic ring is 1. The molecule has 5 nitrogen and oxygen atoms in total. The number of benzene rings is 3. The van der Waals surface area contributed by atoms with Crippen LogP contribution in [0.4, 0.5) is 5.69 Å². The van der Waals surface area contributed by atoms with E-state index in [9.17, 15) is 14.4 Å². The lowest BCUT2D eigenvalue weighted by molar-refractivity contribution is 0.0980. The summed E-state index contributed by atoms with van der Waals surface area (Å²) in [6, 6.07) is 13.2. The van der Waals surface area contributed by atoms with E-state index in [4.69, 9.17) is 5.73 Å². The second-order valence-corrected chi connectivity index (χ2v) is 7.31. The zero-order valence-electron chi connectivity index (χ0n) is 13.8. The first kappa shape index (κ1) is 16.0. The number of aromatic amines is 1. The highest BCUT2D eigenvalue weighted by molar-refractivity contribution is 9.10. The minimum Gasteiger partial charge on any atom is -0.398 e. The van der Waals surface area contributed by atoms with Gasteiger partial charge >= 0.3 is 0 Å². The van der Waals surface area contributed by atoms with Gasteiger partial charge in [-0.25, -0.2) is 0 Å². The van der Waals surface area contributed by atoms with E-state index in [-0.39, 0.29) is 22.6 Å². The molecular weight excluding hydrogens is 408 g/mol. The van der Waals surface area contributed by atoms with Gasteiger partial charge in [0.25, 0.3) is 0 Å². The fourth-order valence-electron chi connectivity index (χ4n) is 3.73. The Morgan fingerprint density at radius 3 is 2.22 bits per heavy atom. The molecule has 27 heavy (non-hydrogen) atoms. The quantitative estimate of drug-likeness (QED) is 0.295. The standard InChI is InChI=1S/C21H11BrN2O3/c22-13-7-8-14(23)16-18(13)24-17-12(21(16)27)6-5-11-15(17)20(26)10-4-2-1-3-9(10)19(11)25/h1-8H,23H2,(H,24,27). The molecule has 0 saturated carbocycles. The number of hydrogen-bond donors (Lipinski definition) is 2. The molecule has 0 saturated heterocycles. The van der Waals surface area contributed by atoms with E-state index in [0.29, 0.717) is 48.7 Å². The van der Waals surface area contributed by atoms with E-state index in [1.54, 1.807) is 48.5 Å². The topological polar surface area (TPSA) is 93.0 Å². The number of carbonyl (C=O) groups is 2. The number of anilines is 1. The van der Waals surface area contributed by atoms with Crippen molar-refractivity contribution >= 4 is 55.0 Å². The first-order valence-corrected chi connectivity index (χ1v) is 9.03. The van der Waals surface area contributed by atoms with Crippen molar-refractivity contribution in [2.24, 2.45) is 0 Å². The zero-order chi connectivity index (χ0) is 18.9. The van der Waals surface area contributed by atoms with Crippen molar-refractivity contribution in [1.29, 1.82) is 0 Å². The Balaban J connectivity index is 1.98. The molecule has 1 aromatic heterocycles. The first-order valence-electron chi connectivity index (χ1n) is 8.24. The van der Waals surface area contributed by atoms with Crippen molar-refractivity contribution in [3.8, 4) is 0 Å². The van der Waals surface area contributed by atoms with Crippen LogP contribution in [-0.4, -0.2) is 16.6 Å². The highest BCUT2D eigenvalue weighted by atomic mass is 79.9. The number of rotatable bonds is 0. The number of nitrogens with two attached hydrogens (primary N) is 1. The molecule has 0 fully saturated rings. The third-order valence-corrected chi connectivity index (χ3v) is 5.66. The van der Waals surface area contributed by atoms with E-state index in [0.717, 1.165) is 0 Å². The second kappa shape index (κ2) is 5.37. The summed E-state index contributed by atoms with van der Waals surface area (Å²) in [5, 5.41) is 0.679. The van der Waals surface area contributed by atoms with Gasteiger partial charge in [-0.3, -0.25) is 14.4 Å². The number of halogens is 1. The normalized spacial score (nSPS) is 13.1. The summed E-state index contributed by atoms with van der Waals surface area (Å²) in [7, 11) is 0. The molecule has 0 atom stereocenters. The Bertz CT molecular complexity index is 1400. The molecule has 0 spiro atoms. The van der Waals surface area contributed by atoms with Crippen molar-refractivity contribution in [3.63, 3.8) is 0 Å². The molecule has 0 bridgehead atoms. The highest BCUT2D eigenvalue weighted by Gasteiger charge is 2.31. The van der Waals surface area contributed by atoms with E-state index in [1.807, 2.05) is 0 Å². The second-order valence-electron chi connectivity index (χ2n) is 6.46. The maximum absolute atomic E-state index is 13.2. The molecule has 0 unspecified atom stereocenters. The number of hydrogen-bond acceptors (Lipinski definition) is 4. The van der Waals surface area contributed by atoms with E-state index >= 15 is 0 Å². The van der Waals surface area contributed by atoms with Crippen molar-refractivity contribution < 1.29 is 9.59 Å². The van der Waals surface area contributed by atoms with Crippen LogP contribution in [-0.2, 0) is 0 Å². The molecule has 1 aliphatic carbocycles. The minimum absolute atomic E-state index is 0.226. The molecule has 3 N–H and O–H groups in total. The average Bonchev–Trinajstić information content (AvgIpc) is 2.68. The molecule has 4 aromatic rings. The van der Waals surface area contributed by atoms with Crippen LogP contribution in [0, 0.1) is 0 Å². The van der Waals surface area contributed by atoms with Gasteiger partial charge in [-0.05, 0) is 40.2 Å². The third-order valence-electron chi connectivity index (χ3n) is 5.00. The summed E-state index contributed by atoms with van der Waals surface area (Å²) < 4.78 is 0.651. The predicted molar refractivity (Wildman–Crippen MR) is 107 cm³/mol. The summed E-state index contributed by atoms with van der Waals surface area (Å²) in [4.78, 5) is 42.3. The Hall–Kier alpha value is -3.25. The number of aromatic nitrogens is 1. The highest BCUT2D eigenvalue weighted by Crippen LogP contribution is 2.33. The van der Waals surface area contributed by atoms with Crippen LogP contribution in [0.5, 0.6) is 0 Å². The van der Waals surface area contributed by atoms with Crippen molar-refractivity contribution in [2.45, 2.75) is 0 Å². The van der Waals surface area contributed by atoms with Crippen molar-refractivity contribution in [2.75, 3.05) is 5.73 Å². The predicted octanol–water partition coefficient (Wildman–Crippen LogP) is 3.80. The van der Waals surface area contributed by atoms with Crippen LogP contribution >= 0.6 is 15.9 Å². The maximum Gasteiger partial charge on any atom is 0.199 e. The van der Waals surface area contributed by atoms with Gasteiger partial charge in [-0.2, -0.15) is 0 Å². The number of H-pyrrole nitrogens is 1. The number of ketones is 2. The molecule has 1 heterocycles. The van der Waals surface area contributed by atoms with E-state index in [1.165, 1.54) is 0 Å². The molecule has 0 aliphatic heterocycles. The first-order chi connectivity index (χ1) is 13.0. The third kappa shape index (κ3) is 2.01. The van der Waals surface area contributed by atoms with Crippen LogP contribution in [0.3, 0.4) is 0 Å². The molecule has 3 aromatic carbocycles. The molecule has 130 valence electrons. The van der Waals surface area contributed by atoms with Gasteiger partial charge in [-0.1, -0.05) is 24.3 Å². The number of carbonyl (C=O) groups excluding carboxylic acids is 2. The molecule has 5 rings (SSSR count). The Morgan fingerprint density at radius 2 is 1.48 bits per heavy atom. The van der Waals surface area contributed by atoms with Gasteiger partial charge in [0, 0.05) is 32.2 Å². The summed E-state index contributed by atoms with van der Waals surface area (Å²) >= 11 is 3.42. The largest absolute Gasteiger partial charge is 0.398 e. The average molecular weight is 419 g/mol. The molecule has 1 aliphatic rings. The smallest absolute Gasteiger partial charge is 0.199 e. The van der Waals surface area contributed by atoms with Crippen molar-refractivity contribution in [1.82, 2.24) is 4.98 Å². The van der Waals surface area contributed by atoms with Gasteiger partial charge in [0.1, 0.15) is 0 Å². The molecular formula is C21H11BrN2O3. The van der Waals surface area contributed by atoms with Gasteiger partial charge in [0.2, 0.25) is 0 Å². The fraction of sp³-hybridized carbons (Fsp3) is 0. The summed E-state index contributed by atoms with van der Waals surface area (Å²) in [5.74, 6) is -0.504. The summed E-state index contributed by atoms with van der Waals surface area (Å²) in [5.41, 5.74) is 8.17. The Labute approximate surface area is 160 Å². The Kier molecular flexibility index (Phi) is 3.18. The van der Waals surface area contributed by atoms with Gasteiger partial charge in [0.05, 0.1) is 22.0 Å². The van der Waals surface area contributed by atoms with Crippen LogP contribution in [0.25, 0.3) is 21.8 Å². The minimum atomic E-state index is -0.278. The van der Waals surface area contributed by atoms with Crippen LogP contribution in [0.2, 0.25) is 0 Å². The van der Waals surface area contributed by atoms with Crippen LogP contribution in [0.15, 0.2) is 57.8 Å². The molecule has 0 amide bonds. The zero-order valence-corrected chi connectivity index (χ0v) is 15.4. The molecule has 6 heteroatoms. The van der Waals surface area contributed by atoms with Crippen LogP contribution in [0.1, 0.15) is 31.8 Å². The molecule has 0 radical (unpaired) electrons. The summed E-state index contributed by atoms with van der Waals surface area (Å²) in [6.07, 6.45) is 0. The van der Waals surface area contributed by atoms with E-state index < -0.39 is 0 Å². The van der Waals surface area contributed by atoms with Crippen LogP contribution < -0.4 is 11.2 Å².